The van der Waals surface area contributed by atoms with Crippen LogP contribution in [0.25, 0.3) is 0 Å². The van der Waals surface area contributed by atoms with Gasteiger partial charge in [0.1, 0.15) is 5.69 Å². The molecule has 128 valence electrons. The molecule has 0 radical (unpaired) electrons. The van der Waals surface area contributed by atoms with E-state index in [9.17, 15) is 14.7 Å². The summed E-state index contributed by atoms with van der Waals surface area (Å²) in [6.07, 6.45) is 0. The summed E-state index contributed by atoms with van der Waals surface area (Å²) in [6, 6.07) is 5.70. The lowest BCUT2D eigenvalue weighted by Gasteiger charge is -2.16. The molecule has 0 aliphatic carbocycles. The summed E-state index contributed by atoms with van der Waals surface area (Å²) in [6.45, 7) is 9.93. The molecule has 1 aromatic heterocycles. The second-order valence-electron chi connectivity index (χ2n) is 6.10. The smallest absolute Gasteiger partial charge is 0.312 e. The van der Waals surface area contributed by atoms with Crippen LogP contribution in [0.3, 0.4) is 0 Å². The van der Waals surface area contributed by atoms with Gasteiger partial charge in [0.05, 0.1) is 5.92 Å². The number of carbonyl (C=O) groups is 2. The highest BCUT2D eigenvalue weighted by Gasteiger charge is 2.27. The summed E-state index contributed by atoms with van der Waals surface area (Å²) in [5.74, 6) is -1.66. The number of aryl methyl sites for hydroxylation is 2. The van der Waals surface area contributed by atoms with Crippen LogP contribution in [-0.4, -0.2) is 21.4 Å². The molecular weight excluding hydrogens is 370 g/mol. The number of halogens is 1. The molecule has 0 aliphatic rings. The number of hydrogen-bond acceptors (Lipinski definition) is 2. The molecule has 0 fully saturated rings. The van der Waals surface area contributed by atoms with Crippen LogP contribution in [0.5, 0.6) is 0 Å². The number of benzene rings is 1. The summed E-state index contributed by atoms with van der Waals surface area (Å²) in [5.41, 5.74) is 4.78. The van der Waals surface area contributed by atoms with Gasteiger partial charge in [0.25, 0.3) is 0 Å². The van der Waals surface area contributed by atoms with Crippen molar-refractivity contribution in [3.05, 3.63) is 56.3 Å². The Labute approximate surface area is 150 Å². The highest BCUT2D eigenvalue weighted by atomic mass is 79.9. The number of carboxylic acids is 1. The van der Waals surface area contributed by atoms with Crippen LogP contribution in [-0.2, 0) is 11.3 Å². The molecule has 0 bridgehead atoms. The van der Waals surface area contributed by atoms with Crippen LogP contribution in [0.15, 0.2) is 22.7 Å². The largest absolute Gasteiger partial charge is 0.481 e. The van der Waals surface area contributed by atoms with E-state index < -0.39 is 11.9 Å². The van der Waals surface area contributed by atoms with Crippen molar-refractivity contribution in [2.45, 2.75) is 47.1 Å². The summed E-state index contributed by atoms with van der Waals surface area (Å²) in [4.78, 5) is 24.6. The first-order valence-electron chi connectivity index (χ1n) is 7.93. The minimum absolute atomic E-state index is 0.0775. The van der Waals surface area contributed by atoms with Gasteiger partial charge >= 0.3 is 5.97 Å². The van der Waals surface area contributed by atoms with Gasteiger partial charge in [0.2, 0.25) is 5.78 Å². The third-order valence-electron chi connectivity index (χ3n) is 4.60. The Kier molecular flexibility index (Phi) is 5.33. The van der Waals surface area contributed by atoms with E-state index in [1.165, 1.54) is 0 Å². The predicted molar refractivity (Wildman–Crippen MR) is 97.9 cm³/mol. The molecule has 1 atom stereocenters. The highest BCUT2D eigenvalue weighted by Crippen LogP contribution is 2.31. The molecule has 0 saturated carbocycles. The van der Waals surface area contributed by atoms with Crippen LogP contribution in [0.2, 0.25) is 0 Å². The average Bonchev–Trinajstić information content (AvgIpc) is 2.86. The van der Waals surface area contributed by atoms with Crippen molar-refractivity contribution in [1.29, 1.82) is 0 Å². The quantitative estimate of drug-likeness (QED) is 0.756. The van der Waals surface area contributed by atoms with Gasteiger partial charge in [-0.05, 0) is 73.3 Å². The molecule has 0 spiro atoms. The highest BCUT2D eigenvalue weighted by molar-refractivity contribution is 9.10. The van der Waals surface area contributed by atoms with Gasteiger partial charge in [-0.15, -0.1) is 0 Å². The van der Waals surface area contributed by atoms with Crippen LogP contribution in [0, 0.1) is 20.8 Å². The van der Waals surface area contributed by atoms with Gasteiger partial charge in [-0.25, -0.2) is 0 Å². The molecule has 5 heteroatoms. The van der Waals surface area contributed by atoms with E-state index in [-0.39, 0.29) is 5.78 Å². The van der Waals surface area contributed by atoms with Gasteiger partial charge in [0, 0.05) is 22.3 Å². The van der Waals surface area contributed by atoms with Crippen LogP contribution in [0.1, 0.15) is 58.2 Å². The first-order chi connectivity index (χ1) is 11.2. The Bertz CT molecular complexity index is 821. The fraction of sp³-hybridized carbons (Fsp3) is 0.368. The second kappa shape index (κ2) is 6.93. The van der Waals surface area contributed by atoms with Crippen molar-refractivity contribution in [3.8, 4) is 0 Å². The van der Waals surface area contributed by atoms with Crippen molar-refractivity contribution < 1.29 is 14.7 Å². The molecule has 1 aromatic carbocycles. The van der Waals surface area contributed by atoms with E-state index in [1.807, 2.05) is 39.8 Å². The van der Waals surface area contributed by atoms with Gasteiger partial charge < -0.3 is 9.67 Å². The molecule has 2 rings (SSSR count). The Morgan fingerprint density at radius 1 is 1.21 bits per heavy atom. The molecule has 0 amide bonds. The molecule has 1 N–H and O–H groups in total. The number of nitrogens with zero attached hydrogens (tertiary/aromatic N) is 1. The maximum atomic E-state index is 13.2. The third-order valence-corrected chi connectivity index (χ3v) is 5.20. The van der Waals surface area contributed by atoms with E-state index in [0.717, 1.165) is 16.7 Å². The lowest BCUT2D eigenvalue weighted by Crippen LogP contribution is -2.18. The zero-order valence-corrected chi connectivity index (χ0v) is 16.2. The van der Waals surface area contributed by atoms with Crippen molar-refractivity contribution >= 4 is 27.7 Å². The predicted octanol–water partition coefficient (Wildman–Crippen LogP) is 4.61. The first kappa shape index (κ1) is 18.5. The SMILES string of the molecule is CCn1c(C(C)C(=O)O)cc(Br)c1C(=O)c1c(C)ccc(C)c1C. The number of carboxylic acid groups (broad SMARTS) is 1. The summed E-state index contributed by atoms with van der Waals surface area (Å²) in [5, 5.41) is 9.32. The Morgan fingerprint density at radius 3 is 2.33 bits per heavy atom. The number of rotatable bonds is 5. The zero-order valence-electron chi connectivity index (χ0n) is 14.6. The maximum Gasteiger partial charge on any atom is 0.312 e. The molecule has 2 aromatic rings. The maximum absolute atomic E-state index is 13.2. The topological polar surface area (TPSA) is 59.3 Å². The third kappa shape index (κ3) is 3.05. The molecule has 1 heterocycles. The van der Waals surface area contributed by atoms with Crippen molar-refractivity contribution in [2.24, 2.45) is 0 Å². The fourth-order valence-electron chi connectivity index (χ4n) is 3.01. The lowest BCUT2D eigenvalue weighted by atomic mass is 9.94. The van der Waals surface area contributed by atoms with Crippen LogP contribution >= 0.6 is 15.9 Å². The zero-order chi connectivity index (χ0) is 18.2. The Hall–Kier alpha value is -1.88. The van der Waals surface area contributed by atoms with Crippen molar-refractivity contribution in [3.63, 3.8) is 0 Å². The monoisotopic (exact) mass is 391 g/mol. The summed E-state index contributed by atoms with van der Waals surface area (Å²) >= 11 is 3.46. The minimum atomic E-state index is -0.906. The molecule has 1 unspecified atom stereocenters. The number of carbonyl (C=O) groups excluding carboxylic acids is 1. The normalized spacial score (nSPS) is 12.2. The Morgan fingerprint density at radius 2 is 1.79 bits per heavy atom. The van der Waals surface area contributed by atoms with E-state index in [4.69, 9.17) is 0 Å². The number of aliphatic carboxylic acids is 1. The van der Waals surface area contributed by atoms with Gasteiger partial charge in [-0.1, -0.05) is 12.1 Å². The number of ketones is 1. The van der Waals surface area contributed by atoms with Gasteiger partial charge in [0.15, 0.2) is 0 Å². The van der Waals surface area contributed by atoms with Gasteiger partial charge in [-0.3, -0.25) is 9.59 Å². The van der Waals surface area contributed by atoms with Crippen LogP contribution in [0.4, 0.5) is 0 Å². The van der Waals surface area contributed by atoms with E-state index in [2.05, 4.69) is 15.9 Å². The molecule has 0 saturated heterocycles. The lowest BCUT2D eigenvalue weighted by molar-refractivity contribution is -0.138. The molecule has 0 aliphatic heterocycles. The number of hydrogen-bond donors (Lipinski definition) is 1. The van der Waals surface area contributed by atoms with E-state index in [1.54, 1.807) is 17.6 Å². The minimum Gasteiger partial charge on any atom is -0.481 e. The molecule has 24 heavy (non-hydrogen) atoms. The summed E-state index contributed by atoms with van der Waals surface area (Å²) in [7, 11) is 0. The fourth-order valence-corrected chi connectivity index (χ4v) is 3.64. The van der Waals surface area contributed by atoms with Crippen molar-refractivity contribution in [2.75, 3.05) is 0 Å². The van der Waals surface area contributed by atoms with Crippen molar-refractivity contribution in [1.82, 2.24) is 4.57 Å². The molecule has 4 nitrogen and oxygen atoms in total. The Balaban J connectivity index is 2.68. The summed E-state index contributed by atoms with van der Waals surface area (Å²) < 4.78 is 2.43. The molecular formula is C19H22BrNO3. The number of aromatic nitrogens is 1. The first-order valence-corrected chi connectivity index (χ1v) is 8.73. The standard InChI is InChI=1S/C19H22BrNO3/c1-6-21-15(13(5)19(23)24)9-14(20)17(21)18(22)16-11(3)8-7-10(2)12(16)4/h7-9,13H,6H2,1-5H3,(H,23,24). The van der Waals surface area contributed by atoms with E-state index >= 15 is 0 Å². The van der Waals surface area contributed by atoms with Crippen LogP contribution < -0.4 is 0 Å². The second-order valence-corrected chi connectivity index (χ2v) is 6.95. The van der Waals surface area contributed by atoms with E-state index in [0.29, 0.717) is 28.0 Å². The van der Waals surface area contributed by atoms with Gasteiger partial charge in [-0.2, -0.15) is 0 Å². The average molecular weight is 392 g/mol.